The van der Waals surface area contributed by atoms with Crippen LogP contribution in [-0.2, 0) is 15.8 Å². The molecule has 0 bridgehead atoms. The summed E-state index contributed by atoms with van der Waals surface area (Å²) in [7, 11) is 1.81. The van der Waals surface area contributed by atoms with E-state index in [-0.39, 0.29) is 5.41 Å². The number of pyridine rings is 1. The number of nitrogens with two attached hydrogens (primary N) is 1. The molecule has 0 radical (unpaired) electrons. The zero-order valence-electron chi connectivity index (χ0n) is 18.2. The Bertz CT molecular complexity index is 1260. The topological polar surface area (TPSA) is 88.6 Å². The third-order valence-corrected chi connectivity index (χ3v) is 7.75. The molecule has 3 N–H and O–H groups in total. The van der Waals surface area contributed by atoms with Crippen molar-refractivity contribution in [2.24, 2.45) is 15.7 Å². The molecule has 31 heavy (non-hydrogen) atoms. The number of rotatable bonds is 2. The van der Waals surface area contributed by atoms with Gasteiger partial charge in [-0.2, -0.15) is 0 Å². The summed E-state index contributed by atoms with van der Waals surface area (Å²) in [5, 5.41) is 1.15. The molecular weight excluding hydrogens is 386 g/mol. The van der Waals surface area contributed by atoms with Crippen LogP contribution < -0.4 is 5.73 Å². The van der Waals surface area contributed by atoms with Crippen molar-refractivity contribution in [1.29, 1.82) is 0 Å². The second kappa shape index (κ2) is 6.26. The molecule has 2 aliphatic carbocycles. The predicted octanol–water partition coefficient (Wildman–Crippen LogP) is 4.36. The van der Waals surface area contributed by atoms with E-state index in [0.717, 1.165) is 53.6 Å². The minimum Gasteiger partial charge on any atom is -0.382 e. The van der Waals surface area contributed by atoms with Gasteiger partial charge in [0, 0.05) is 41.4 Å². The lowest BCUT2D eigenvalue weighted by atomic mass is 9.50. The van der Waals surface area contributed by atoms with Crippen molar-refractivity contribution in [2.45, 2.75) is 56.7 Å². The molecule has 1 saturated carbocycles. The van der Waals surface area contributed by atoms with Gasteiger partial charge >= 0.3 is 0 Å². The number of nitrogens with zero attached hydrogens (tertiary/aromatic N) is 3. The van der Waals surface area contributed by atoms with Crippen LogP contribution in [0.4, 0.5) is 0 Å². The minimum atomic E-state index is -0.591. The fourth-order valence-corrected chi connectivity index (χ4v) is 5.96. The largest absolute Gasteiger partial charge is 0.382 e. The van der Waals surface area contributed by atoms with Crippen molar-refractivity contribution in [2.75, 3.05) is 7.11 Å². The number of aromatic amines is 1. The molecule has 6 heteroatoms. The number of aryl methyl sites for hydroxylation is 1. The summed E-state index contributed by atoms with van der Waals surface area (Å²) in [6.45, 7) is 4.07. The first kappa shape index (κ1) is 18.8. The maximum absolute atomic E-state index is 6.26. The Kier molecular flexibility index (Phi) is 3.79. The standard InChI is InChI=1S/C25H27N5O/c1-14-12-27-23-19(14)10-17(13-28-23)16-4-5-20-21(11-16)25(29-15(2)22(26)30-25)24(20)8-6-18(31-3)7-9-24/h4-5,10-13,18H,6-9H2,1-3H3,(H2,26,30)(H,27,28). The van der Waals surface area contributed by atoms with Crippen molar-refractivity contribution in [3.63, 3.8) is 0 Å². The number of H-pyrrole nitrogens is 1. The van der Waals surface area contributed by atoms with E-state index in [4.69, 9.17) is 20.5 Å². The molecule has 1 unspecified atom stereocenters. The SMILES string of the molecule is COC1CCC2(CC1)c1ccc(-c3cnc4[nH]cc(C)c4c3)cc1C21N=C(C)C(N)=N1. The molecule has 1 aromatic carbocycles. The Balaban J connectivity index is 1.49. The quantitative estimate of drug-likeness (QED) is 0.654. The Labute approximate surface area is 181 Å². The van der Waals surface area contributed by atoms with Crippen molar-refractivity contribution in [3.05, 3.63) is 53.3 Å². The Morgan fingerprint density at radius 3 is 2.58 bits per heavy atom. The van der Waals surface area contributed by atoms with Gasteiger partial charge in [-0.15, -0.1) is 0 Å². The lowest BCUT2D eigenvalue weighted by Gasteiger charge is -2.57. The second-order valence-electron chi connectivity index (χ2n) is 9.24. The summed E-state index contributed by atoms with van der Waals surface area (Å²) in [5.41, 5.74) is 13.3. The highest BCUT2D eigenvalue weighted by Gasteiger charge is 2.65. The highest BCUT2D eigenvalue weighted by Crippen LogP contribution is 2.65. The number of benzene rings is 1. The van der Waals surface area contributed by atoms with Crippen LogP contribution in [-0.4, -0.2) is 34.7 Å². The van der Waals surface area contributed by atoms with E-state index >= 15 is 0 Å². The molecule has 6 rings (SSSR count). The summed E-state index contributed by atoms with van der Waals surface area (Å²) in [6.07, 6.45) is 8.34. The Morgan fingerprint density at radius 2 is 1.87 bits per heavy atom. The van der Waals surface area contributed by atoms with Gasteiger partial charge in [-0.1, -0.05) is 12.1 Å². The van der Waals surface area contributed by atoms with Gasteiger partial charge in [0.05, 0.1) is 11.8 Å². The fraction of sp³-hybridized carbons (Fsp3) is 0.400. The van der Waals surface area contributed by atoms with Crippen molar-refractivity contribution in [3.8, 4) is 11.1 Å². The van der Waals surface area contributed by atoms with Crippen molar-refractivity contribution >= 4 is 22.6 Å². The van der Waals surface area contributed by atoms with E-state index < -0.39 is 5.66 Å². The van der Waals surface area contributed by atoms with Gasteiger partial charge in [0.25, 0.3) is 0 Å². The van der Waals surface area contributed by atoms with Gasteiger partial charge in [0.15, 0.2) is 5.66 Å². The predicted molar refractivity (Wildman–Crippen MR) is 124 cm³/mol. The molecule has 3 heterocycles. The van der Waals surface area contributed by atoms with Crippen molar-refractivity contribution in [1.82, 2.24) is 9.97 Å². The second-order valence-corrected chi connectivity index (χ2v) is 9.24. The van der Waals surface area contributed by atoms with Crippen LogP contribution in [0.2, 0.25) is 0 Å². The highest BCUT2D eigenvalue weighted by atomic mass is 16.5. The summed E-state index contributed by atoms with van der Waals surface area (Å²) in [4.78, 5) is 17.9. The van der Waals surface area contributed by atoms with E-state index in [2.05, 4.69) is 41.2 Å². The molecule has 158 valence electrons. The number of methoxy groups -OCH3 is 1. The van der Waals surface area contributed by atoms with Gasteiger partial charge in [0.2, 0.25) is 0 Å². The fourth-order valence-electron chi connectivity index (χ4n) is 5.96. The number of aromatic nitrogens is 2. The molecule has 1 aliphatic heterocycles. The highest BCUT2D eigenvalue weighted by molar-refractivity contribution is 6.41. The zero-order chi connectivity index (χ0) is 21.4. The van der Waals surface area contributed by atoms with Crippen molar-refractivity contribution < 1.29 is 4.74 Å². The van der Waals surface area contributed by atoms with E-state index in [1.807, 2.05) is 26.4 Å². The number of fused-ring (bicyclic) bond motifs is 5. The summed E-state index contributed by atoms with van der Waals surface area (Å²) in [6, 6.07) is 8.97. The third-order valence-electron chi connectivity index (χ3n) is 7.75. The molecule has 3 aromatic rings. The lowest BCUT2D eigenvalue weighted by Crippen LogP contribution is -2.58. The molecule has 3 aliphatic rings. The molecule has 2 aromatic heterocycles. The molecule has 0 amide bonds. The van der Waals surface area contributed by atoms with Gasteiger partial charge < -0.3 is 15.5 Å². The number of hydrogen-bond donors (Lipinski definition) is 2. The summed E-state index contributed by atoms with van der Waals surface area (Å²) >= 11 is 0. The monoisotopic (exact) mass is 413 g/mol. The average Bonchev–Trinajstić information content (AvgIpc) is 3.33. The van der Waals surface area contributed by atoms with Gasteiger partial charge in [-0.25, -0.2) is 9.98 Å². The minimum absolute atomic E-state index is 0.0856. The number of aliphatic imine (C=N–C) groups is 2. The van der Waals surface area contributed by atoms with Gasteiger partial charge in [-0.05, 0) is 68.4 Å². The van der Waals surface area contributed by atoms with Crippen LogP contribution in [0.3, 0.4) is 0 Å². The number of nitrogens with one attached hydrogen (secondary N) is 1. The average molecular weight is 414 g/mol. The first-order valence-electron chi connectivity index (χ1n) is 11.0. The van der Waals surface area contributed by atoms with Crippen LogP contribution in [0, 0.1) is 6.92 Å². The Morgan fingerprint density at radius 1 is 1.06 bits per heavy atom. The Hall–Kier alpha value is -2.99. The number of ether oxygens (including phenoxy) is 1. The van der Waals surface area contributed by atoms with Crippen LogP contribution in [0.25, 0.3) is 22.2 Å². The maximum Gasteiger partial charge on any atom is 0.188 e. The van der Waals surface area contributed by atoms with Crippen LogP contribution in [0.5, 0.6) is 0 Å². The third kappa shape index (κ3) is 2.34. The number of amidine groups is 1. The first-order valence-corrected chi connectivity index (χ1v) is 11.0. The van der Waals surface area contributed by atoms with Crippen LogP contribution in [0.15, 0.2) is 46.6 Å². The maximum atomic E-state index is 6.26. The van der Waals surface area contributed by atoms with Gasteiger partial charge in [-0.3, -0.25) is 4.99 Å². The molecule has 1 fully saturated rings. The molecular formula is C25H27N5O. The lowest BCUT2D eigenvalue weighted by molar-refractivity contribution is 0.0148. The van der Waals surface area contributed by atoms with E-state index in [1.54, 1.807) is 0 Å². The van der Waals surface area contributed by atoms with E-state index in [0.29, 0.717) is 11.9 Å². The normalized spacial score (nSPS) is 29.2. The van der Waals surface area contributed by atoms with E-state index in [1.165, 1.54) is 16.7 Å². The van der Waals surface area contributed by atoms with E-state index in [9.17, 15) is 0 Å². The van der Waals surface area contributed by atoms with Crippen LogP contribution in [0.1, 0.15) is 49.3 Å². The number of hydrogen-bond acceptors (Lipinski definition) is 5. The zero-order valence-corrected chi connectivity index (χ0v) is 18.2. The van der Waals surface area contributed by atoms with Crippen LogP contribution >= 0.6 is 0 Å². The summed E-state index contributed by atoms with van der Waals surface area (Å²) in [5.74, 6) is 0.565. The molecule has 2 spiro atoms. The molecule has 6 nitrogen and oxygen atoms in total. The van der Waals surface area contributed by atoms with Gasteiger partial charge in [0.1, 0.15) is 11.5 Å². The smallest absolute Gasteiger partial charge is 0.188 e. The first-order chi connectivity index (χ1) is 15.0. The molecule has 1 atom stereocenters. The summed E-state index contributed by atoms with van der Waals surface area (Å²) < 4.78 is 5.64. The molecule has 0 saturated heterocycles.